The van der Waals surface area contributed by atoms with Crippen LogP contribution in [0, 0.1) is 23.7 Å². The molecule has 0 radical (unpaired) electrons. The SMILES string of the molecule is CC/C(=C\N=C(N)C(F)(F)F)C(CNC(=O)C1CCCC2N=C(N3CCC(C(C)C)CC3)C=CC21)N1CCOCC1. The number of piperidine rings is 1. The molecular formula is C30H47F3N6O2. The van der Waals surface area contributed by atoms with Gasteiger partial charge in [-0.1, -0.05) is 33.3 Å². The number of nitrogens with zero attached hydrogens (tertiary/aromatic N) is 4. The van der Waals surface area contributed by atoms with Crippen molar-refractivity contribution in [2.75, 3.05) is 45.9 Å². The third-order valence-corrected chi connectivity index (χ3v) is 9.28. The number of likely N-dealkylation sites (tertiary alicyclic amines) is 1. The summed E-state index contributed by atoms with van der Waals surface area (Å²) in [5, 5.41) is 3.15. The number of ether oxygens (including phenoxy) is 1. The fourth-order valence-electron chi connectivity index (χ4n) is 6.66. The summed E-state index contributed by atoms with van der Waals surface area (Å²) in [4.78, 5) is 26.8. The highest BCUT2D eigenvalue weighted by molar-refractivity contribution is 5.94. The third-order valence-electron chi connectivity index (χ3n) is 9.28. The molecule has 1 amide bonds. The number of fused-ring (bicyclic) bond motifs is 1. The van der Waals surface area contributed by atoms with E-state index >= 15 is 0 Å². The third kappa shape index (κ3) is 8.12. The Kier molecular flexibility index (Phi) is 10.9. The predicted octanol–water partition coefficient (Wildman–Crippen LogP) is 4.14. The van der Waals surface area contributed by atoms with Crippen LogP contribution in [0.2, 0.25) is 0 Å². The number of morpholine rings is 1. The Labute approximate surface area is 242 Å². The normalized spacial score (nSPS) is 27.9. The standard InChI is InChI=1S/C30H47F3N6O2/c1-4-21(18-36-29(34)30(31,32)33)26(38-14-16-41-17-15-38)19-35-28(40)24-6-5-7-25-23(24)8-9-27(37-25)39-12-10-22(11-13-39)20(2)3/h8-9,18,20,22-26H,4-7,10-17,19H2,1-3H3,(H2,34,36)(H,35,40)/b21-18+. The van der Waals surface area contributed by atoms with E-state index in [2.05, 4.69) is 46.1 Å². The highest BCUT2D eigenvalue weighted by Crippen LogP contribution is 2.36. The zero-order valence-electron chi connectivity index (χ0n) is 24.7. The number of nitrogens with two attached hydrogens (primary N) is 1. The number of dihydropyridines is 1. The van der Waals surface area contributed by atoms with E-state index < -0.39 is 12.0 Å². The highest BCUT2D eigenvalue weighted by atomic mass is 19.4. The number of amides is 1. The number of halogens is 3. The van der Waals surface area contributed by atoms with Crippen LogP contribution in [-0.4, -0.2) is 91.6 Å². The minimum Gasteiger partial charge on any atom is -0.380 e. The Hall–Kier alpha value is -2.40. The molecule has 0 aromatic carbocycles. The Morgan fingerprint density at radius 1 is 1.20 bits per heavy atom. The summed E-state index contributed by atoms with van der Waals surface area (Å²) in [6.45, 7) is 11.1. The van der Waals surface area contributed by atoms with E-state index in [1.807, 2.05) is 6.92 Å². The van der Waals surface area contributed by atoms with Crippen LogP contribution in [0.15, 0.2) is 33.9 Å². The van der Waals surface area contributed by atoms with E-state index in [4.69, 9.17) is 15.5 Å². The molecular weight excluding hydrogens is 533 g/mol. The van der Waals surface area contributed by atoms with E-state index in [1.54, 1.807) is 0 Å². The van der Waals surface area contributed by atoms with E-state index in [-0.39, 0.29) is 36.4 Å². The second kappa shape index (κ2) is 14.2. The maximum absolute atomic E-state index is 13.6. The molecule has 3 fully saturated rings. The van der Waals surface area contributed by atoms with Crippen LogP contribution < -0.4 is 11.1 Å². The number of carbonyl (C=O) groups excluding carboxylic acids is 1. The molecule has 230 valence electrons. The fraction of sp³-hybridized carbons (Fsp3) is 0.767. The molecule has 2 saturated heterocycles. The first-order valence-electron chi connectivity index (χ1n) is 15.3. The largest absolute Gasteiger partial charge is 0.448 e. The van der Waals surface area contributed by atoms with E-state index in [1.165, 1.54) is 19.0 Å². The first-order valence-corrected chi connectivity index (χ1v) is 15.3. The Balaban J connectivity index is 1.41. The summed E-state index contributed by atoms with van der Waals surface area (Å²) in [6.07, 6.45) is 6.41. The van der Waals surface area contributed by atoms with Crippen molar-refractivity contribution in [2.45, 2.75) is 77.6 Å². The van der Waals surface area contributed by atoms with Gasteiger partial charge in [-0.05, 0) is 55.6 Å². The summed E-state index contributed by atoms with van der Waals surface area (Å²) >= 11 is 0. The van der Waals surface area contributed by atoms with Gasteiger partial charge in [-0.3, -0.25) is 14.7 Å². The number of alkyl halides is 3. The molecule has 4 aliphatic rings. The Bertz CT molecular complexity index is 1010. The second-order valence-corrected chi connectivity index (χ2v) is 12.1. The van der Waals surface area contributed by atoms with E-state index in [0.29, 0.717) is 44.2 Å². The smallest absolute Gasteiger partial charge is 0.380 e. The molecule has 1 aliphatic carbocycles. The summed E-state index contributed by atoms with van der Waals surface area (Å²) in [6, 6.07) is -0.194. The molecule has 3 N–H and O–H groups in total. The van der Waals surface area contributed by atoms with Gasteiger partial charge in [0.25, 0.3) is 0 Å². The molecule has 3 heterocycles. The summed E-state index contributed by atoms with van der Waals surface area (Å²) in [5.74, 6) is 1.01. The topological polar surface area (TPSA) is 95.5 Å². The van der Waals surface area contributed by atoms with Gasteiger partial charge < -0.3 is 20.7 Å². The van der Waals surface area contributed by atoms with Crippen LogP contribution in [-0.2, 0) is 9.53 Å². The number of nitrogens with one attached hydrogen (secondary N) is 1. The van der Waals surface area contributed by atoms with Crippen molar-refractivity contribution in [1.82, 2.24) is 15.1 Å². The van der Waals surface area contributed by atoms with Gasteiger partial charge in [0.15, 0.2) is 0 Å². The summed E-state index contributed by atoms with van der Waals surface area (Å²) in [7, 11) is 0. The molecule has 1 saturated carbocycles. The van der Waals surface area contributed by atoms with Crippen LogP contribution in [0.5, 0.6) is 0 Å². The van der Waals surface area contributed by atoms with Gasteiger partial charge in [0.1, 0.15) is 5.84 Å². The molecule has 0 aromatic heterocycles. The minimum absolute atomic E-state index is 0.0206. The molecule has 0 aromatic rings. The van der Waals surface area contributed by atoms with Crippen LogP contribution in [0.4, 0.5) is 13.2 Å². The summed E-state index contributed by atoms with van der Waals surface area (Å²) in [5.41, 5.74) is 5.84. The zero-order chi connectivity index (χ0) is 29.6. The lowest BCUT2D eigenvalue weighted by Gasteiger charge is -2.40. The van der Waals surface area contributed by atoms with E-state index in [0.717, 1.165) is 44.1 Å². The van der Waals surface area contributed by atoms with Crippen LogP contribution in [0.1, 0.15) is 59.3 Å². The number of carbonyl (C=O) groups is 1. The molecule has 4 atom stereocenters. The van der Waals surface area contributed by atoms with Crippen molar-refractivity contribution in [3.05, 3.63) is 23.9 Å². The van der Waals surface area contributed by atoms with Crippen molar-refractivity contribution >= 4 is 17.6 Å². The fourth-order valence-corrected chi connectivity index (χ4v) is 6.66. The average molecular weight is 581 g/mol. The summed E-state index contributed by atoms with van der Waals surface area (Å²) < 4.78 is 44.3. The lowest BCUT2D eigenvalue weighted by Crippen LogP contribution is -2.51. The lowest BCUT2D eigenvalue weighted by molar-refractivity contribution is -0.127. The number of hydrogen-bond donors (Lipinski definition) is 2. The first-order chi connectivity index (χ1) is 19.6. The lowest BCUT2D eigenvalue weighted by atomic mass is 9.74. The molecule has 4 unspecified atom stereocenters. The van der Waals surface area contributed by atoms with Gasteiger partial charge in [0.2, 0.25) is 11.7 Å². The molecule has 11 heteroatoms. The number of hydrogen-bond acceptors (Lipinski definition) is 6. The van der Waals surface area contributed by atoms with Gasteiger partial charge in [-0.2, -0.15) is 13.2 Å². The minimum atomic E-state index is -4.68. The zero-order valence-corrected chi connectivity index (χ0v) is 24.7. The Morgan fingerprint density at radius 2 is 1.90 bits per heavy atom. The van der Waals surface area contributed by atoms with Crippen molar-refractivity contribution in [3.63, 3.8) is 0 Å². The van der Waals surface area contributed by atoms with Crippen molar-refractivity contribution in [2.24, 2.45) is 39.4 Å². The number of aliphatic imine (C=N–C) groups is 2. The molecule has 4 rings (SSSR count). The monoisotopic (exact) mass is 580 g/mol. The first kappa shape index (κ1) is 31.5. The predicted molar refractivity (Wildman–Crippen MR) is 156 cm³/mol. The number of rotatable bonds is 8. The van der Waals surface area contributed by atoms with Gasteiger partial charge >= 0.3 is 6.18 Å². The second-order valence-electron chi connectivity index (χ2n) is 12.1. The average Bonchev–Trinajstić information content (AvgIpc) is 2.97. The van der Waals surface area contributed by atoms with Gasteiger partial charge in [0.05, 0.1) is 25.3 Å². The highest BCUT2D eigenvalue weighted by Gasteiger charge is 2.39. The number of amidine groups is 2. The molecule has 0 bridgehead atoms. The van der Waals surface area contributed by atoms with E-state index in [9.17, 15) is 18.0 Å². The Morgan fingerprint density at radius 3 is 2.54 bits per heavy atom. The van der Waals surface area contributed by atoms with Gasteiger partial charge in [0, 0.05) is 50.8 Å². The van der Waals surface area contributed by atoms with Crippen molar-refractivity contribution in [1.29, 1.82) is 0 Å². The molecule has 8 nitrogen and oxygen atoms in total. The molecule has 3 aliphatic heterocycles. The van der Waals surface area contributed by atoms with Crippen LogP contribution >= 0.6 is 0 Å². The van der Waals surface area contributed by atoms with Gasteiger partial charge in [-0.25, -0.2) is 4.99 Å². The van der Waals surface area contributed by atoms with Crippen LogP contribution in [0.25, 0.3) is 0 Å². The van der Waals surface area contributed by atoms with Crippen molar-refractivity contribution < 1.29 is 22.7 Å². The quantitative estimate of drug-likeness (QED) is 0.333. The van der Waals surface area contributed by atoms with Gasteiger partial charge in [-0.15, -0.1) is 0 Å². The molecule has 0 spiro atoms. The maximum atomic E-state index is 13.6. The van der Waals surface area contributed by atoms with Crippen molar-refractivity contribution in [3.8, 4) is 0 Å². The maximum Gasteiger partial charge on any atom is 0.448 e. The van der Waals surface area contributed by atoms with Crippen LogP contribution in [0.3, 0.4) is 0 Å². The molecule has 41 heavy (non-hydrogen) atoms.